The second-order valence-corrected chi connectivity index (χ2v) is 11.4. The smallest absolute Gasteiger partial charge is 0.347 e. The van der Waals surface area contributed by atoms with Crippen molar-refractivity contribution in [1.82, 2.24) is 30.0 Å². The number of aryl methyl sites for hydroxylation is 1. The lowest BCUT2D eigenvalue weighted by Crippen LogP contribution is -2.34. The number of amides is 2. The Bertz CT molecular complexity index is 1610. The molecule has 1 aliphatic carbocycles. The highest BCUT2D eigenvalue weighted by Gasteiger charge is 2.57. The molecule has 206 valence electrons. The van der Waals surface area contributed by atoms with E-state index in [1.807, 2.05) is 4.90 Å². The highest BCUT2D eigenvalue weighted by molar-refractivity contribution is 7.17. The number of halogens is 2. The van der Waals surface area contributed by atoms with Crippen LogP contribution in [0.2, 0.25) is 10.0 Å². The zero-order chi connectivity index (χ0) is 28.1. The van der Waals surface area contributed by atoms with Gasteiger partial charge in [-0.25, -0.2) is 9.78 Å². The van der Waals surface area contributed by atoms with Gasteiger partial charge in [-0.05, 0) is 31.2 Å². The minimum absolute atomic E-state index is 0.0113. The molecule has 3 atom stereocenters. The van der Waals surface area contributed by atoms with Gasteiger partial charge in [0.1, 0.15) is 23.2 Å². The second-order valence-electron chi connectivity index (χ2n) is 9.70. The number of aromatic amines is 1. The molecule has 0 spiro atoms. The van der Waals surface area contributed by atoms with Crippen LogP contribution in [0.3, 0.4) is 0 Å². The van der Waals surface area contributed by atoms with Gasteiger partial charge < -0.3 is 25.6 Å². The van der Waals surface area contributed by atoms with E-state index in [4.69, 9.17) is 23.2 Å². The molecule has 12 nitrogen and oxygen atoms in total. The molecule has 0 radical (unpaired) electrons. The third-order valence-corrected chi connectivity index (χ3v) is 9.21. The number of carbonyl (C=O) groups excluding carboxylic acids is 2. The molecule has 6 rings (SSSR count). The van der Waals surface area contributed by atoms with Crippen LogP contribution >= 0.6 is 34.5 Å². The van der Waals surface area contributed by atoms with E-state index in [0.29, 0.717) is 34.6 Å². The standard InChI is InChI=1S/C25H22Cl2N8O4S/c1-11-18(26)19(27)21(30-11)23(37)33-20-14-7-34(8-15(14)20)25-32-16(22(40-25)24(38)39)6-17(36)31-12-2-4-13(5-3-12)35-9-28-29-10-35/h2-5,9-10,14-15,20,30H,6-8H2,1H3,(H,31,36)(H,33,37)(H,38,39)/t14-,15+,20?. The Labute approximate surface area is 241 Å². The molecule has 1 unspecified atom stereocenters. The minimum Gasteiger partial charge on any atom is -0.477 e. The van der Waals surface area contributed by atoms with Gasteiger partial charge in [0.2, 0.25) is 5.91 Å². The van der Waals surface area contributed by atoms with Crippen LogP contribution in [0.25, 0.3) is 5.69 Å². The van der Waals surface area contributed by atoms with E-state index in [9.17, 15) is 19.5 Å². The van der Waals surface area contributed by atoms with Gasteiger partial charge in [0.05, 0.1) is 22.2 Å². The molecule has 2 fully saturated rings. The lowest BCUT2D eigenvalue weighted by molar-refractivity contribution is -0.115. The van der Waals surface area contributed by atoms with Gasteiger partial charge in [0, 0.05) is 48.0 Å². The number of aromatic nitrogens is 5. The number of carboxylic acid groups (broad SMARTS) is 1. The van der Waals surface area contributed by atoms with Crippen LogP contribution in [0.15, 0.2) is 36.9 Å². The molecule has 1 saturated carbocycles. The summed E-state index contributed by atoms with van der Waals surface area (Å²) in [5, 5.41) is 24.1. The Morgan fingerprint density at radius 2 is 1.77 bits per heavy atom. The molecule has 0 bridgehead atoms. The van der Waals surface area contributed by atoms with Gasteiger partial charge in [-0.3, -0.25) is 14.2 Å². The molecule has 1 aromatic carbocycles. The van der Waals surface area contributed by atoms with E-state index in [1.54, 1.807) is 48.4 Å². The molecule has 1 aliphatic heterocycles. The van der Waals surface area contributed by atoms with Gasteiger partial charge in [-0.2, -0.15) is 0 Å². The topological polar surface area (TPSA) is 158 Å². The number of nitrogens with zero attached hydrogens (tertiary/aromatic N) is 5. The van der Waals surface area contributed by atoms with Crippen LogP contribution in [-0.2, 0) is 11.2 Å². The van der Waals surface area contributed by atoms with E-state index >= 15 is 0 Å². The predicted octanol–water partition coefficient (Wildman–Crippen LogP) is 3.41. The van der Waals surface area contributed by atoms with Gasteiger partial charge in [0.25, 0.3) is 5.91 Å². The first kappa shape index (κ1) is 26.3. The van der Waals surface area contributed by atoms with E-state index < -0.39 is 5.97 Å². The highest BCUT2D eigenvalue weighted by atomic mass is 35.5. The summed E-state index contributed by atoms with van der Waals surface area (Å²) in [6, 6.07) is 7.08. The molecule has 1 saturated heterocycles. The molecule has 40 heavy (non-hydrogen) atoms. The number of fused-ring (bicyclic) bond motifs is 1. The van der Waals surface area contributed by atoms with Crippen molar-refractivity contribution in [3.63, 3.8) is 0 Å². The number of hydrogen-bond acceptors (Lipinski definition) is 8. The largest absolute Gasteiger partial charge is 0.477 e. The third kappa shape index (κ3) is 4.91. The first-order valence-electron chi connectivity index (χ1n) is 12.3. The predicted molar refractivity (Wildman–Crippen MR) is 149 cm³/mol. The first-order valence-corrected chi connectivity index (χ1v) is 13.8. The quantitative estimate of drug-likeness (QED) is 0.239. The van der Waals surface area contributed by atoms with E-state index in [-0.39, 0.29) is 57.4 Å². The van der Waals surface area contributed by atoms with Crippen molar-refractivity contribution in [3.8, 4) is 5.69 Å². The first-order chi connectivity index (χ1) is 19.2. The van der Waals surface area contributed by atoms with Crippen LogP contribution in [0.1, 0.15) is 31.5 Å². The number of aromatic carboxylic acids is 1. The number of H-pyrrole nitrogens is 1. The summed E-state index contributed by atoms with van der Waals surface area (Å²) in [6.07, 6.45) is 2.96. The zero-order valence-electron chi connectivity index (χ0n) is 20.9. The van der Waals surface area contributed by atoms with Crippen molar-refractivity contribution >= 4 is 63.1 Å². The molecule has 2 aliphatic rings. The Hall–Kier alpha value is -3.94. The Balaban J connectivity index is 1.07. The van der Waals surface area contributed by atoms with Gasteiger partial charge in [-0.1, -0.05) is 34.5 Å². The number of rotatable bonds is 8. The fourth-order valence-corrected chi connectivity index (χ4v) is 6.37. The monoisotopic (exact) mass is 600 g/mol. The van der Waals surface area contributed by atoms with Crippen LogP contribution in [0, 0.1) is 18.8 Å². The summed E-state index contributed by atoms with van der Waals surface area (Å²) < 4.78 is 1.73. The number of piperidine rings is 1. The molecule has 4 aromatic rings. The number of benzene rings is 1. The summed E-state index contributed by atoms with van der Waals surface area (Å²) in [7, 11) is 0. The number of carbonyl (C=O) groups is 3. The maximum atomic E-state index is 12.7. The SMILES string of the molecule is Cc1[nH]c(C(=O)NC2[C@H]3CN(c4nc(CC(=O)Nc5ccc(-n6cnnc6)cc5)c(C(=O)O)s4)C[C@@H]23)c(Cl)c1Cl. The average Bonchev–Trinajstić information content (AvgIpc) is 3.51. The lowest BCUT2D eigenvalue weighted by atomic mass is 10.2. The third-order valence-electron chi connectivity index (χ3n) is 7.12. The molecule has 4 N–H and O–H groups in total. The number of nitrogens with one attached hydrogen (secondary N) is 3. The summed E-state index contributed by atoms with van der Waals surface area (Å²) in [6.45, 7) is 2.97. The second kappa shape index (κ2) is 10.2. The summed E-state index contributed by atoms with van der Waals surface area (Å²) in [5.41, 5.74) is 2.48. The Kier molecular flexibility index (Phi) is 6.72. The van der Waals surface area contributed by atoms with Crippen molar-refractivity contribution in [1.29, 1.82) is 0 Å². The van der Waals surface area contributed by atoms with Crippen LogP contribution in [0.4, 0.5) is 10.8 Å². The van der Waals surface area contributed by atoms with Crippen LogP contribution in [0.5, 0.6) is 0 Å². The zero-order valence-corrected chi connectivity index (χ0v) is 23.2. The van der Waals surface area contributed by atoms with Crippen molar-refractivity contribution < 1.29 is 19.5 Å². The molecular formula is C25H22Cl2N8O4S. The maximum absolute atomic E-state index is 12.7. The molecular weight excluding hydrogens is 579 g/mol. The highest BCUT2D eigenvalue weighted by Crippen LogP contribution is 2.48. The summed E-state index contributed by atoms with van der Waals surface area (Å²) in [5.74, 6) is -1.40. The summed E-state index contributed by atoms with van der Waals surface area (Å²) in [4.78, 5) is 46.8. The number of carboxylic acids is 1. The normalized spacial score (nSPS) is 19.4. The van der Waals surface area contributed by atoms with E-state index in [2.05, 4.69) is 30.8 Å². The van der Waals surface area contributed by atoms with Crippen molar-refractivity contribution in [2.24, 2.45) is 11.8 Å². The van der Waals surface area contributed by atoms with Gasteiger partial charge >= 0.3 is 5.97 Å². The number of anilines is 2. The Morgan fingerprint density at radius 1 is 1.10 bits per heavy atom. The molecule has 2 amide bonds. The van der Waals surface area contributed by atoms with Gasteiger partial charge in [0.15, 0.2) is 5.13 Å². The van der Waals surface area contributed by atoms with Crippen molar-refractivity contribution in [3.05, 3.63) is 68.9 Å². The Morgan fingerprint density at radius 3 is 2.38 bits per heavy atom. The maximum Gasteiger partial charge on any atom is 0.347 e. The number of hydrogen-bond donors (Lipinski definition) is 4. The van der Waals surface area contributed by atoms with Crippen LogP contribution < -0.4 is 15.5 Å². The molecule has 4 heterocycles. The fourth-order valence-electron chi connectivity index (χ4n) is 5.02. The van der Waals surface area contributed by atoms with Crippen molar-refractivity contribution in [2.45, 2.75) is 19.4 Å². The summed E-state index contributed by atoms with van der Waals surface area (Å²) >= 11 is 13.3. The fraction of sp³-hybridized carbons (Fsp3) is 0.280. The van der Waals surface area contributed by atoms with Gasteiger partial charge in [-0.15, -0.1) is 10.2 Å². The van der Waals surface area contributed by atoms with E-state index in [0.717, 1.165) is 17.0 Å². The average molecular weight is 601 g/mol. The van der Waals surface area contributed by atoms with E-state index in [1.165, 1.54) is 0 Å². The lowest BCUT2D eigenvalue weighted by Gasteiger charge is -2.19. The molecule has 15 heteroatoms. The van der Waals surface area contributed by atoms with Crippen molar-refractivity contribution in [2.75, 3.05) is 23.3 Å². The molecule has 3 aromatic heterocycles. The van der Waals surface area contributed by atoms with Crippen LogP contribution in [-0.4, -0.2) is 66.8 Å². The minimum atomic E-state index is -1.13. The number of thiazole rings is 1.